The molecule has 2 aromatic rings. The Kier molecular flexibility index (Phi) is 3.69. The van der Waals surface area contributed by atoms with E-state index in [1.165, 1.54) is 30.0 Å². The van der Waals surface area contributed by atoms with E-state index in [2.05, 4.69) is 42.5 Å². The van der Waals surface area contributed by atoms with E-state index in [4.69, 9.17) is 10.5 Å². The molecule has 1 aliphatic carbocycles. The molecule has 2 heteroatoms. The fourth-order valence-electron chi connectivity index (χ4n) is 3.06. The molecule has 0 amide bonds. The van der Waals surface area contributed by atoms with E-state index in [0.29, 0.717) is 5.92 Å². The molecule has 3 rings (SSSR count). The van der Waals surface area contributed by atoms with E-state index >= 15 is 0 Å². The zero-order chi connectivity index (χ0) is 13.1. The van der Waals surface area contributed by atoms with Gasteiger partial charge in [-0.05, 0) is 37.3 Å². The van der Waals surface area contributed by atoms with Gasteiger partial charge < -0.3 is 10.5 Å². The average molecular weight is 255 g/mol. The summed E-state index contributed by atoms with van der Waals surface area (Å²) in [6, 6.07) is 14.7. The third-order valence-electron chi connectivity index (χ3n) is 4.17. The maximum atomic E-state index is 6.29. The summed E-state index contributed by atoms with van der Waals surface area (Å²) in [5.41, 5.74) is 5.88. The van der Waals surface area contributed by atoms with Gasteiger partial charge in [0.15, 0.2) is 0 Å². The molecule has 0 aliphatic heterocycles. The van der Waals surface area contributed by atoms with Gasteiger partial charge in [-0.3, -0.25) is 0 Å². The van der Waals surface area contributed by atoms with E-state index < -0.39 is 0 Å². The van der Waals surface area contributed by atoms with Crippen molar-refractivity contribution in [2.24, 2.45) is 11.7 Å². The minimum absolute atomic E-state index is 0.282. The van der Waals surface area contributed by atoms with Gasteiger partial charge in [-0.2, -0.15) is 0 Å². The summed E-state index contributed by atoms with van der Waals surface area (Å²) >= 11 is 0. The molecule has 0 spiro atoms. The molecule has 19 heavy (non-hydrogen) atoms. The van der Waals surface area contributed by atoms with Gasteiger partial charge in [-0.25, -0.2) is 0 Å². The summed E-state index contributed by atoms with van der Waals surface area (Å²) < 4.78 is 6.29. The van der Waals surface area contributed by atoms with Crippen molar-refractivity contribution in [1.29, 1.82) is 0 Å². The monoisotopic (exact) mass is 255 g/mol. The second kappa shape index (κ2) is 5.62. The van der Waals surface area contributed by atoms with Crippen LogP contribution < -0.4 is 10.5 Å². The Hall–Kier alpha value is -1.54. The second-order valence-electron chi connectivity index (χ2n) is 5.41. The third kappa shape index (κ3) is 2.59. The molecule has 100 valence electrons. The van der Waals surface area contributed by atoms with E-state index in [0.717, 1.165) is 18.7 Å². The van der Waals surface area contributed by atoms with Crippen molar-refractivity contribution in [3.05, 3.63) is 42.5 Å². The molecule has 2 unspecified atom stereocenters. The Balaban J connectivity index is 1.88. The number of hydrogen-bond acceptors (Lipinski definition) is 2. The first-order valence-corrected chi connectivity index (χ1v) is 7.23. The summed E-state index contributed by atoms with van der Waals surface area (Å²) in [6.45, 7) is 0.732. The lowest BCUT2D eigenvalue weighted by atomic mass is 9.86. The maximum absolute atomic E-state index is 6.29. The number of fused-ring (bicyclic) bond motifs is 1. The minimum Gasteiger partial charge on any atom is -0.489 e. The smallest absolute Gasteiger partial charge is 0.127 e. The van der Waals surface area contributed by atoms with Crippen LogP contribution in [0.3, 0.4) is 0 Å². The van der Waals surface area contributed by atoms with Crippen LogP contribution in [0.15, 0.2) is 42.5 Å². The molecule has 2 aromatic carbocycles. The Morgan fingerprint density at radius 2 is 1.79 bits per heavy atom. The molecule has 2 N–H and O–H groups in total. The molecule has 0 bridgehead atoms. The predicted octanol–water partition coefficient (Wildman–Crippen LogP) is 3.74. The number of rotatable bonds is 3. The number of hydrogen-bond donors (Lipinski definition) is 1. The summed E-state index contributed by atoms with van der Waals surface area (Å²) in [4.78, 5) is 0. The fourth-order valence-corrected chi connectivity index (χ4v) is 3.06. The highest BCUT2D eigenvalue weighted by molar-refractivity contribution is 5.88. The maximum Gasteiger partial charge on any atom is 0.127 e. The normalized spacial score (nSPS) is 23.4. The van der Waals surface area contributed by atoms with Crippen molar-refractivity contribution in [3.63, 3.8) is 0 Å². The molecule has 1 aliphatic rings. The zero-order valence-corrected chi connectivity index (χ0v) is 11.2. The first kappa shape index (κ1) is 12.5. The largest absolute Gasteiger partial charge is 0.489 e. The van der Waals surface area contributed by atoms with Gasteiger partial charge in [0.1, 0.15) is 11.9 Å². The van der Waals surface area contributed by atoms with E-state index in [9.17, 15) is 0 Å². The highest BCUT2D eigenvalue weighted by Crippen LogP contribution is 2.31. The van der Waals surface area contributed by atoms with Crippen molar-refractivity contribution in [2.45, 2.75) is 31.8 Å². The summed E-state index contributed by atoms with van der Waals surface area (Å²) in [6.07, 6.45) is 5.16. The van der Waals surface area contributed by atoms with E-state index in [-0.39, 0.29) is 6.10 Å². The first-order valence-electron chi connectivity index (χ1n) is 7.23. The highest BCUT2D eigenvalue weighted by Gasteiger charge is 2.25. The lowest BCUT2D eigenvalue weighted by Crippen LogP contribution is -2.35. The molecule has 0 radical (unpaired) electrons. The zero-order valence-electron chi connectivity index (χ0n) is 11.2. The Labute approximate surface area is 114 Å². The van der Waals surface area contributed by atoms with Gasteiger partial charge in [-0.1, -0.05) is 42.8 Å². The summed E-state index contributed by atoms with van der Waals surface area (Å²) in [7, 11) is 0. The third-order valence-corrected chi connectivity index (χ3v) is 4.17. The summed E-state index contributed by atoms with van der Waals surface area (Å²) in [5.74, 6) is 1.51. The predicted molar refractivity (Wildman–Crippen MR) is 79.4 cm³/mol. The molecule has 2 nitrogen and oxygen atoms in total. The second-order valence-corrected chi connectivity index (χ2v) is 5.41. The average Bonchev–Trinajstić information content (AvgIpc) is 2.48. The van der Waals surface area contributed by atoms with E-state index in [1.54, 1.807) is 0 Å². The Morgan fingerprint density at radius 1 is 1.00 bits per heavy atom. The molecule has 0 aromatic heterocycles. The number of benzene rings is 2. The van der Waals surface area contributed by atoms with Crippen molar-refractivity contribution in [3.8, 4) is 5.75 Å². The molecule has 1 fully saturated rings. The van der Waals surface area contributed by atoms with Gasteiger partial charge in [0.2, 0.25) is 0 Å². The van der Waals surface area contributed by atoms with Crippen LogP contribution in [-0.2, 0) is 0 Å². The SMILES string of the molecule is NCC1CCCCC1Oc1cccc2ccccc12. The van der Waals surface area contributed by atoms with Crippen LogP contribution >= 0.6 is 0 Å². The van der Waals surface area contributed by atoms with Crippen molar-refractivity contribution in [2.75, 3.05) is 6.54 Å². The first-order chi connectivity index (χ1) is 9.38. The van der Waals surface area contributed by atoms with Crippen molar-refractivity contribution >= 4 is 10.8 Å². The minimum atomic E-state index is 0.282. The Morgan fingerprint density at radius 3 is 2.68 bits per heavy atom. The Bertz CT molecular complexity index is 546. The van der Waals surface area contributed by atoms with Crippen LogP contribution in [-0.4, -0.2) is 12.6 Å². The van der Waals surface area contributed by atoms with Gasteiger partial charge in [0.25, 0.3) is 0 Å². The van der Waals surface area contributed by atoms with Gasteiger partial charge in [0.05, 0.1) is 0 Å². The fraction of sp³-hybridized carbons (Fsp3) is 0.412. The number of nitrogens with two attached hydrogens (primary N) is 1. The quantitative estimate of drug-likeness (QED) is 0.906. The van der Waals surface area contributed by atoms with Gasteiger partial charge >= 0.3 is 0 Å². The lowest BCUT2D eigenvalue weighted by molar-refractivity contribution is 0.0986. The standard InChI is InChI=1S/C17H21NO/c18-12-14-7-2-4-10-16(14)19-17-11-5-8-13-6-1-3-9-15(13)17/h1,3,5-6,8-9,11,14,16H,2,4,7,10,12,18H2. The highest BCUT2D eigenvalue weighted by atomic mass is 16.5. The van der Waals surface area contributed by atoms with Crippen LogP contribution in [0.4, 0.5) is 0 Å². The van der Waals surface area contributed by atoms with Crippen LogP contribution in [0.2, 0.25) is 0 Å². The molecular weight excluding hydrogens is 234 g/mol. The molecular formula is C17H21NO. The molecule has 0 saturated heterocycles. The van der Waals surface area contributed by atoms with Gasteiger partial charge in [-0.15, -0.1) is 0 Å². The summed E-state index contributed by atoms with van der Waals surface area (Å²) in [5, 5.41) is 2.44. The van der Waals surface area contributed by atoms with Crippen LogP contribution in [0.5, 0.6) is 5.75 Å². The molecule has 0 heterocycles. The van der Waals surface area contributed by atoms with Crippen LogP contribution in [0.25, 0.3) is 10.8 Å². The van der Waals surface area contributed by atoms with Gasteiger partial charge in [0, 0.05) is 11.3 Å². The lowest BCUT2D eigenvalue weighted by Gasteiger charge is -2.31. The molecule has 2 atom stereocenters. The number of ether oxygens (including phenoxy) is 1. The topological polar surface area (TPSA) is 35.2 Å². The van der Waals surface area contributed by atoms with Crippen molar-refractivity contribution < 1.29 is 4.74 Å². The van der Waals surface area contributed by atoms with Crippen molar-refractivity contribution in [1.82, 2.24) is 0 Å². The van der Waals surface area contributed by atoms with E-state index in [1.807, 2.05) is 0 Å². The van der Waals surface area contributed by atoms with Crippen LogP contribution in [0.1, 0.15) is 25.7 Å². The molecule has 1 saturated carbocycles. The van der Waals surface area contributed by atoms with Crippen LogP contribution in [0, 0.1) is 5.92 Å².